The van der Waals surface area contributed by atoms with Gasteiger partial charge < -0.3 is 39.9 Å². The molecule has 1 unspecified atom stereocenters. The topological polar surface area (TPSA) is 238 Å². The molecule has 0 radical (unpaired) electrons. The predicted molar refractivity (Wildman–Crippen MR) is 172 cm³/mol. The number of aromatic nitrogens is 2. The van der Waals surface area contributed by atoms with Gasteiger partial charge in [0.15, 0.2) is 5.78 Å². The van der Waals surface area contributed by atoms with Crippen LogP contribution in [0.4, 0.5) is 0 Å². The standard InChI is InChI=1S/C30H43BN5O11P/c1-21(2)16-26(35-28(39)23(17-22-6-4-3-5-7-22)18-25(37)24-20-32-8-9-33-24)31-46-14-12-36(13-15-47-31)11-10-34-27(38)19-30(42,29(40)41)48(43,44)45/h3-9,20-21,23,26,42H,10-19H2,1-2H3,(H,34,38)(H,35,39)(H,40,41)(H2,43,44,45)/t23-,26+,30?/m0/s1. The summed E-state index contributed by atoms with van der Waals surface area (Å²) in [5, 5.41) is 20.8. The number of hydrogen-bond acceptors (Lipinski definition) is 11. The fourth-order valence-corrected chi connectivity index (χ4v) is 5.73. The number of Topliss-reactive ketones (excluding diaryl/α,β-unsaturated/α-hetero) is 1. The van der Waals surface area contributed by atoms with Crippen LogP contribution in [0, 0.1) is 11.8 Å². The van der Waals surface area contributed by atoms with Gasteiger partial charge in [0.2, 0.25) is 11.8 Å². The molecule has 1 aromatic carbocycles. The van der Waals surface area contributed by atoms with Crippen molar-refractivity contribution in [2.75, 3.05) is 39.4 Å². The fraction of sp³-hybridized carbons (Fsp3) is 0.533. The van der Waals surface area contributed by atoms with Crippen LogP contribution in [0.15, 0.2) is 48.9 Å². The molecule has 6 N–H and O–H groups in total. The maximum atomic E-state index is 13.8. The Morgan fingerprint density at radius 2 is 1.75 bits per heavy atom. The van der Waals surface area contributed by atoms with Gasteiger partial charge >= 0.3 is 20.7 Å². The van der Waals surface area contributed by atoms with Crippen LogP contribution in [0.2, 0.25) is 0 Å². The molecule has 1 fully saturated rings. The van der Waals surface area contributed by atoms with Gasteiger partial charge in [0.05, 0.1) is 18.6 Å². The molecule has 1 aliphatic rings. The lowest BCUT2D eigenvalue weighted by Crippen LogP contribution is -2.54. The van der Waals surface area contributed by atoms with Gasteiger partial charge in [0.1, 0.15) is 5.69 Å². The van der Waals surface area contributed by atoms with E-state index in [-0.39, 0.29) is 56.0 Å². The molecule has 48 heavy (non-hydrogen) atoms. The number of aliphatic carboxylic acids is 1. The molecule has 0 bridgehead atoms. The molecule has 0 saturated carbocycles. The van der Waals surface area contributed by atoms with Crippen LogP contribution in [-0.4, -0.2) is 116 Å². The third-order valence-electron chi connectivity index (χ3n) is 7.72. The zero-order valence-electron chi connectivity index (χ0n) is 26.9. The zero-order chi connectivity index (χ0) is 35.3. The third kappa shape index (κ3) is 11.8. The van der Waals surface area contributed by atoms with Crippen LogP contribution in [0.25, 0.3) is 0 Å². The molecule has 0 aliphatic carbocycles. The number of hydrogen-bond donors (Lipinski definition) is 6. The molecule has 1 aromatic heterocycles. The summed E-state index contributed by atoms with van der Waals surface area (Å²) in [6.07, 6.45) is 3.76. The van der Waals surface area contributed by atoms with Crippen LogP contribution < -0.4 is 10.6 Å². The minimum absolute atomic E-state index is 0.00123. The number of carboxylic acid groups (broad SMARTS) is 1. The first kappa shape index (κ1) is 38.9. The highest BCUT2D eigenvalue weighted by Gasteiger charge is 2.54. The first-order valence-corrected chi connectivity index (χ1v) is 17.2. The lowest BCUT2D eigenvalue weighted by Gasteiger charge is -2.32. The monoisotopic (exact) mass is 691 g/mol. The fourth-order valence-electron chi connectivity index (χ4n) is 5.13. The molecule has 3 atom stereocenters. The highest BCUT2D eigenvalue weighted by atomic mass is 31.2. The Kier molecular flexibility index (Phi) is 14.8. The van der Waals surface area contributed by atoms with Crippen LogP contribution >= 0.6 is 7.60 Å². The molecule has 3 rings (SSSR count). The van der Waals surface area contributed by atoms with Crippen molar-refractivity contribution in [3.8, 4) is 0 Å². The Labute approximate surface area is 278 Å². The Morgan fingerprint density at radius 1 is 1.08 bits per heavy atom. The molecule has 1 saturated heterocycles. The highest BCUT2D eigenvalue weighted by Crippen LogP contribution is 2.50. The SMILES string of the molecule is CC(C)C[C@@H](NC(=O)[C@H](CC(=O)c1cnccn1)Cc1ccccc1)B1OCCN(CCNC(=O)CC(O)(C(=O)O)P(=O)(O)O)CCO1. The van der Waals surface area contributed by atoms with Gasteiger partial charge in [-0.15, -0.1) is 0 Å². The van der Waals surface area contributed by atoms with Gasteiger partial charge in [-0.3, -0.25) is 28.8 Å². The summed E-state index contributed by atoms with van der Waals surface area (Å²) < 4.78 is 23.5. The van der Waals surface area contributed by atoms with Crippen molar-refractivity contribution < 1.29 is 53.1 Å². The maximum absolute atomic E-state index is 13.8. The van der Waals surface area contributed by atoms with Crippen molar-refractivity contribution in [3.05, 3.63) is 60.2 Å². The summed E-state index contributed by atoms with van der Waals surface area (Å²) in [7, 11) is -6.31. The zero-order valence-corrected chi connectivity index (χ0v) is 27.8. The molecule has 1 aliphatic heterocycles. The van der Waals surface area contributed by atoms with Crippen molar-refractivity contribution in [1.29, 1.82) is 0 Å². The van der Waals surface area contributed by atoms with E-state index in [0.717, 1.165) is 5.56 Å². The van der Waals surface area contributed by atoms with E-state index in [0.29, 0.717) is 25.9 Å². The number of ketones is 1. The number of aliphatic hydroxyl groups is 1. The van der Waals surface area contributed by atoms with Crippen LogP contribution in [-0.2, 0) is 34.7 Å². The first-order chi connectivity index (χ1) is 22.7. The second-order valence-corrected chi connectivity index (χ2v) is 13.8. The second-order valence-electron chi connectivity index (χ2n) is 12.0. The van der Waals surface area contributed by atoms with Gasteiger partial charge in [-0.25, -0.2) is 9.78 Å². The van der Waals surface area contributed by atoms with Crippen molar-refractivity contribution in [1.82, 2.24) is 25.5 Å². The molecular formula is C30H43BN5O11P. The Balaban J connectivity index is 1.58. The summed E-state index contributed by atoms with van der Waals surface area (Å²) >= 11 is 0. The van der Waals surface area contributed by atoms with Gasteiger partial charge in [-0.05, 0) is 24.3 Å². The number of amides is 2. The largest absolute Gasteiger partial charge is 0.480 e. The minimum Gasteiger partial charge on any atom is -0.479 e. The lowest BCUT2D eigenvalue weighted by molar-refractivity contribution is -0.154. The van der Waals surface area contributed by atoms with Crippen molar-refractivity contribution in [3.63, 3.8) is 0 Å². The van der Waals surface area contributed by atoms with Crippen LogP contribution in [0.1, 0.15) is 49.2 Å². The smallest absolute Gasteiger partial charge is 0.479 e. The van der Waals surface area contributed by atoms with Crippen LogP contribution in [0.3, 0.4) is 0 Å². The van der Waals surface area contributed by atoms with E-state index >= 15 is 0 Å². The number of carbonyl (C=O) groups is 4. The lowest BCUT2D eigenvalue weighted by atomic mass is 9.73. The number of rotatable bonds is 17. The average molecular weight is 691 g/mol. The molecule has 2 amide bonds. The second kappa shape index (κ2) is 18.3. The number of carboxylic acids is 1. The van der Waals surface area contributed by atoms with Crippen molar-refractivity contribution in [2.45, 2.75) is 50.8 Å². The van der Waals surface area contributed by atoms with E-state index in [1.807, 2.05) is 49.1 Å². The van der Waals surface area contributed by atoms with E-state index in [4.69, 9.17) is 14.4 Å². The van der Waals surface area contributed by atoms with E-state index in [1.165, 1.54) is 18.6 Å². The first-order valence-electron chi connectivity index (χ1n) is 15.6. The Morgan fingerprint density at radius 3 is 2.31 bits per heavy atom. The number of nitrogens with zero attached hydrogens (tertiary/aromatic N) is 3. The summed E-state index contributed by atoms with van der Waals surface area (Å²) in [5.41, 5.74) is 1.08. The van der Waals surface area contributed by atoms with Crippen molar-refractivity contribution >= 4 is 38.3 Å². The molecule has 2 heterocycles. The van der Waals surface area contributed by atoms with Crippen LogP contribution in [0.5, 0.6) is 0 Å². The number of benzene rings is 1. The van der Waals surface area contributed by atoms with E-state index < -0.39 is 50.2 Å². The van der Waals surface area contributed by atoms with Gasteiger partial charge in [0, 0.05) is 64.1 Å². The van der Waals surface area contributed by atoms with E-state index in [2.05, 4.69) is 20.6 Å². The molecule has 16 nitrogen and oxygen atoms in total. The normalized spacial score (nSPS) is 17.0. The van der Waals surface area contributed by atoms with E-state index in [9.17, 15) is 38.6 Å². The molecule has 0 spiro atoms. The van der Waals surface area contributed by atoms with Gasteiger partial charge in [-0.1, -0.05) is 44.2 Å². The number of carbonyl (C=O) groups excluding carboxylic acids is 3. The molecule has 2 aromatic rings. The van der Waals surface area contributed by atoms with E-state index in [1.54, 1.807) is 0 Å². The number of nitrogens with one attached hydrogen (secondary N) is 2. The van der Waals surface area contributed by atoms with Gasteiger partial charge in [-0.2, -0.15) is 0 Å². The third-order valence-corrected chi connectivity index (χ3v) is 9.03. The highest BCUT2D eigenvalue weighted by molar-refractivity contribution is 7.54. The Hall–Kier alpha value is -3.57. The Bertz CT molecular complexity index is 1410. The molecular weight excluding hydrogens is 648 g/mol. The summed E-state index contributed by atoms with van der Waals surface area (Å²) in [4.78, 5) is 78.5. The quantitative estimate of drug-likeness (QED) is 0.0742. The minimum atomic E-state index is -5.53. The maximum Gasteiger partial charge on any atom is 0.480 e. The average Bonchev–Trinajstić information content (AvgIpc) is 3.01. The van der Waals surface area contributed by atoms with Gasteiger partial charge in [0.25, 0.3) is 5.34 Å². The predicted octanol–water partition coefficient (Wildman–Crippen LogP) is 0.273. The summed E-state index contributed by atoms with van der Waals surface area (Å²) in [6.45, 7) is 5.55. The summed E-state index contributed by atoms with van der Waals surface area (Å²) in [5.74, 6) is -4.90. The molecule has 18 heteroatoms. The van der Waals surface area contributed by atoms with Crippen molar-refractivity contribution in [2.24, 2.45) is 11.8 Å². The summed E-state index contributed by atoms with van der Waals surface area (Å²) in [6, 6.07) is 9.41. The molecule has 262 valence electrons.